The minimum Gasteiger partial charge on any atom is -0.493 e. The average molecular weight is 307 g/mol. The van der Waals surface area contributed by atoms with Crippen LogP contribution in [0.2, 0.25) is 0 Å². The van der Waals surface area contributed by atoms with Crippen LogP contribution in [0.5, 0.6) is 5.75 Å². The Kier molecular flexibility index (Phi) is 7.96. The molecule has 4 heteroatoms. The summed E-state index contributed by atoms with van der Waals surface area (Å²) in [5.41, 5.74) is 1.07. The molecule has 0 saturated carbocycles. The van der Waals surface area contributed by atoms with Crippen LogP contribution in [-0.2, 0) is 11.3 Å². The van der Waals surface area contributed by atoms with Gasteiger partial charge in [-0.1, -0.05) is 45.9 Å². The third-order valence-electron chi connectivity index (χ3n) is 3.36. The highest BCUT2D eigenvalue weighted by Crippen LogP contribution is 2.19. The molecule has 1 aromatic rings. The summed E-state index contributed by atoms with van der Waals surface area (Å²) in [5, 5.41) is 12.5. The molecule has 22 heavy (non-hydrogen) atoms. The molecule has 0 bridgehead atoms. The second-order valence-electron chi connectivity index (χ2n) is 6.61. The van der Waals surface area contributed by atoms with Gasteiger partial charge in [-0.05, 0) is 24.3 Å². The van der Waals surface area contributed by atoms with E-state index in [1.54, 1.807) is 0 Å². The van der Waals surface area contributed by atoms with Crippen LogP contribution in [0.15, 0.2) is 24.3 Å². The van der Waals surface area contributed by atoms with E-state index in [0.29, 0.717) is 38.0 Å². The van der Waals surface area contributed by atoms with Gasteiger partial charge >= 0.3 is 5.97 Å². The smallest absolute Gasteiger partial charge is 0.307 e. The number of carboxylic acid groups (broad SMARTS) is 1. The minimum absolute atomic E-state index is 0.344. The third kappa shape index (κ3) is 6.94. The van der Waals surface area contributed by atoms with Crippen LogP contribution < -0.4 is 10.1 Å². The number of para-hydroxylation sites is 1. The zero-order chi connectivity index (χ0) is 16.5. The molecule has 1 rings (SSSR count). The molecule has 1 aromatic carbocycles. The van der Waals surface area contributed by atoms with Crippen molar-refractivity contribution in [2.45, 2.75) is 40.7 Å². The molecule has 1 unspecified atom stereocenters. The number of rotatable bonds is 10. The average Bonchev–Trinajstić information content (AvgIpc) is 2.44. The molecular formula is C18H29NO3. The van der Waals surface area contributed by atoms with Crippen molar-refractivity contribution in [2.75, 3.05) is 13.2 Å². The highest BCUT2D eigenvalue weighted by Gasteiger charge is 2.18. The molecule has 1 atom stereocenters. The first-order chi connectivity index (χ1) is 10.4. The van der Waals surface area contributed by atoms with Gasteiger partial charge in [-0.15, -0.1) is 0 Å². The molecule has 0 aliphatic heterocycles. The lowest BCUT2D eigenvalue weighted by atomic mass is 9.97. The van der Waals surface area contributed by atoms with Gasteiger partial charge in [0.25, 0.3) is 0 Å². The van der Waals surface area contributed by atoms with Crippen molar-refractivity contribution in [3.8, 4) is 5.75 Å². The Morgan fingerprint density at radius 2 is 1.86 bits per heavy atom. The van der Waals surface area contributed by atoms with Gasteiger partial charge in [-0.25, -0.2) is 0 Å². The van der Waals surface area contributed by atoms with Gasteiger partial charge in [-0.3, -0.25) is 4.79 Å². The van der Waals surface area contributed by atoms with Gasteiger partial charge in [0.05, 0.1) is 12.5 Å². The monoisotopic (exact) mass is 307 g/mol. The Hall–Kier alpha value is -1.55. The molecule has 4 nitrogen and oxygen atoms in total. The highest BCUT2D eigenvalue weighted by atomic mass is 16.5. The number of carboxylic acids is 1. The molecule has 0 amide bonds. The van der Waals surface area contributed by atoms with Crippen LogP contribution in [0.3, 0.4) is 0 Å². The van der Waals surface area contributed by atoms with E-state index in [0.717, 1.165) is 11.3 Å². The quantitative estimate of drug-likeness (QED) is 0.694. The molecule has 0 aliphatic carbocycles. The largest absolute Gasteiger partial charge is 0.493 e. The summed E-state index contributed by atoms with van der Waals surface area (Å²) in [4.78, 5) is 11.3. The van der Waals surface area contributed by atoms with Crippen LogP contribution in [0.4, 0.5) is 0 Å². The van der Waals surface area contributed by atoms with Crippen LogP contribution >= 0.6 is 0 Å². The molecule has 0 aliphatic rings. The summed E-state index contributed by atoms with van der Waals surface area (Å²) in [6.07, 6.45) is 0.688. The molecular weight excluding hydrogens is 278 g/mol. The molecule has 0 saturated heterocycles. The highest BCUT2D eigenvalue weighted by molar-refractivity contribution is 5.70. The van der Waals surface area contributed by atoms with Crippen molar-refractivity contribution in [1.29, 1.82) is 0 Å². The van der Waals surface area contributed by atoms with Crippen molar-refractivity contribution in [3.05, 3.63) is 29.8 Å². The number of ether oxygens (including phenoxy) is 1. The molecule has 124 valence electrons. The lowest BCUT2D eigenvalue weighted by Gasteiger charge is -2.17. The summed E-state index contributed by atoms with van der Waals surface area (Å²) in [6.45, 7) is 10.1. The number of hydrogen-bond donors (Lipinski definition) is 2. The first-order valence-corrected chi connectivity index (χ1v) is 8.04. The Balaban J connectivity index is 2.54. The van der Waals surface area contributed by atoms with E-state index in [9.17, 15) is 9.90 Å². The van der Waals surface area contributed by atoms with Gasteiger partial charge in [0.15, 0.2) is 0 Å². The summed E-state index contributed by atoms with van der Waals surface area (Å²) < 4.78 is 5.81. The fourth-order valence-corrected chi connectivity index (χ4v) is 2.27. The fourth-order valence-electron chi connectivity index (χ4n) is 2.27. The lowest BCUT2D eigenvalue weighted by Crippen LogP contribution is -2.29. The van der Waals surface area contributed by atoms with Gasteiger partial charge in [0.2, 0.25) is 0 Å². The summed E-state index contributed by atoms with van der Waals surface area (Å²) in [6, 6.07) is 7.91. The minimum atomic E-state index is -0.731. The Morgan fingerprint density at radius 3 is 2.45 bits per heavy atom. The standard InChI is InChI=1S/C18H29NO3/c1-13(2)9-16(18(20)21)11-19-10-15-7-5-6-8-17(15)22-12-14(3)4/h5-8,13-14,16,19H,9-12H2,1-4H3,(H,20,21). The first-order valence-electron chi connectivity index (χ1n) is 8.04. The Bertz CT molecular complexity index is 457. The maximum absolute atomic E-state index is 11.3. The summed E-state index contributed by atoms with van der Waals surface area (Å²) in [5.74, 6) is 0.654. The maximum Gasteiger partial charge on any atom is 0.307 e. The van der Waals surface area contributed by atoms with Crippen molar-refractivity contribution < 1.29 is 14.6 Å². The number of nitrogens with one attached hydrogen (secondary N) is 1. The summed E-state index contributed by atoms with van der Waals surface area (Å²) in [7, 11) is 0. The van der Waals surface area contributed by atoms with Crippen LogP contribution in [0, 0.1) is 17.8 Å². The van der Waals surface area contributed by atoms with Gasteiger partial charge in [-0.2, -0.15) is 0 Å². The first kappa shape index (κ1) is 18.5. The van der Waals surface area contributed by atoms with Crippen LogP contribution in [0.1, 0.15) is 39.7 Å². The summed E-state index contributed by atoms with van der Waals surface area (Å²) >= 11 is 0. The van der Waals surface area contributed by atoms with E-state index in [2.05, 4.69) is 19.2 Å². The molecule has 0 fully saturated rings. The second kappa shape index (κ2) is 9.46. The zero-order valence-electron chi connectivity index (χ0n) is 14.1. The third-order valence-corrected chi connectivity index (χ3v) is 3.36. The van der Waals surface area contributed by atoms with Crippen LogP contribution in [0.25, 0.3) is 0 Å². The Labute approximate surface area is 133 Å². The SMILES string of the molecule is CC(C)COc1ccccc1CNCC(CC(C)C)C(=O)O. The zero-order valence-corrected chi connectivity index (χ0v) is 14.1. The Morgan fingerprint density at radius 1 is 1.18 bits per heavy atom. The second-order valence-corrected chi connectivity index (χ2v) is 6.61. The van der Waals surface area contributed by atoms with Crippen molar-refractivity contribution >= 4 is 5.97 Å². The maximum atomic E-state index is 11.3. The van der Waals surface area contributed by atoms with Gasteiger partial charge in [0.1, 0.15) is 5.75 Å². The molecule has 0 spiro atoms. The number of hydrogen-bond acceptors (Lipinski definition) is 3. The van der Waals surface area contributed by atoms with Crippen LogP contribution in [-0.4, -0.2) is 24.2 Å². The molecule has 0 heterocycles. The van der Waals surface area contributed by atoms with Crippen molar-refractivity contribution in [3.63, 3.8) is 0 Å². The van der Waals surface area contributed by atoms with Gasteiger partial charge < -0.3 is 15.2 Å². The van der Waals surface area contributed by atoms with Gasteiger partial charge in [0, 0.05) is 18.7 Å². The normalized spacial score (nSPS) is 12.6. The fraction of sp³-hybridized carbons (Fsp3) is 0.611. The topological polar surface area (TPSA) is 58.6 Å². The van der Waals surface area contributed by atoms with E-state index >= 15 is 0 Å². The van der Waals surface area contributed by atoms with E-state index in [4.69, 9.17) is 4.74 Å². The predicted octanol–water partition coefficient (Wildman–Crippen LogP) is 3.56. The molecule has 2 N–H and O–H groups in total. The van der Waals surface area contributed by atoms with E-state index in [-0.39, 0.29) is 5.92 Å². The van der Waals surface area contributed by atoms with E-state index in [1.807, 2.05) is 38.1 Å². The molecule has 0 aromatic heterocycles. The predicted molar refractivity (Wildman–Crippen MR) is 89.1 cm³/mol. The number of aliphatic carboxylic acids is 1. The van der Waals surface area contributed by atoms with E-state index in [1.165, 1.54) is 0 Å². The van der Waals surface area contributed by atoms with E-state index < -0.39 is 5.97 Å². The number of benzene rings is 1. The van der Waals surface area contributed by atoms with Crippen molar-refractivity contribution in [2.24, 2.45) is 17.8 Å². The molecule has 0 radical (unpaired) electrons. The van der Waals surface area contributed by atoms with Crippen molar-refractivity contribution in [1.82, 2.24) is 5.32 Å². The lowest BCUT2D eigenvalue weighted by molar-refractivity contribution is -0.142. The number of carbonyl (C=O) groups is 1.